The molecular formula is C17H17N3O2. The number of nitrogens with zero attached hydrogens (tertiary/aromatic N) is 3. The number of hydrogen-bond donors (Lipinski definition) is 1. The molecule has 0 radical (unpaired) electrons. The van der Waals surface area contributed by atoms with E-state index in [1.54, 1.807) is 25.7 Å². The smallest absolute Gasteiger partial charge is 0.140 e. The van der Waals surface area contributed by atoms with Crippen LogP contribution >= 0.6 is 0 Å². The lowest BCUT2D eigenvalue weighted by Crippen LogP contribution is -2.09. The molecule has 5 nitrogen and oxygen atoms in total. The maximum atomic E-state index is 10.5. The summed E-state index contributed by atoms with van der Waals surface area (Å²) < 4.78 is 7.13. The fourth-order valence-electron chi connectivity index (χ4n) is 2.36. The second-order valence-electron chi connectivity index (χ2n) is 4.93. The third-order valence-electron chi connectivity index (χ3n) is 3.50. The Bertz CT molecular complexity index is 740. The van der Waals surface area contributed by atoms with Crippen molar-refractivity contribution in [2.24, 2.45) is 0 Å². The van der Waals surface area contributed by atoms with Gasteiger partial charge in [0.05, 0.1) is 19.8 Å². The first-order valence-corrected chi connectivity index (χ1v) is 7.01. The van der Waals surface area contributed by atoms with E-state index in [1.807, 2.05) is 47.2 Å². The minimum atomic E-state index is -0.634. The van der Waals surface area contributed by atoms with Crippen LogP contribution in [0.5, 0.6) is 5.75 Å². The number of methoxy groups -OCH3 is 1. The summed E-state index contributed by atoms with van der Waals surface area (Å²) >= 11 is 0. The molecule has 3 rings (SSSR count). The molecule has 0 spiro atoms. The van der Waals surface area contributed by atoms with Gasteiger partial charge in [-0.25, -0.2) is 4.98 Å². The number of hydrogen-bond acceptors (Lipinski definition) is 4. The van der Waals surface area contributed by atoms with Crippen LogP contribution in [-0.2, 0) is 6.54 Å². The van der Waals surface area contributed by atoms with E-state index in [4.69, 9.17) is 4.74 Å². The lowest BCUT2D eigenvalue weighted by molar-refractivity contribution is 0.156. The molecule has 1 atom stereocenters. The Morgan fingerprint density at radius 3 is 2.77 bits per heavy atom. The van der Waals surface area contributed by atoms with E-state index in [0.29, 0.717) is 6.54 Å². The second-order valence-corrected chi connectivity index (χ2v) is 4.93. The summed E-state index contributed by atoms with van der Waals surface area (Å²) in [5.41, 5.74) is 1.78. The van der Waals surface area contributed by atoms with E-state index < -0.39 is 6.10 Å². The van der Waals surface area contributed by atoms with Crippen molar-refractivity contribution in [3.8, 4) is 17.1 Å². The van der Waals surface area contributed by atoms with Crippen LogP contribution in [0.15, 0.2) is 61.2 Å². The van der Waals surface area contributed by atoms with Crippen LogP contribution in [0.3, 0.4) is 0 Å². The molecule has 22 heavy (non-hydrogen) atoms. The molecule has 1 N–H and O–H groups in total. The predicted octanol–water partition coefficient (Wildman–Crippen LogP) is 2.69. The first-order valence-electron chi connectivity index (χ1n) is 7.01. The van der Waals surface area contributed by atoms with Crippen LogP contribution in [0.2, 0.25) is 0 Å². The molecule has 0 amide bonds. The molecule has 1 aromatic carbocycles. The van der Waals surface area contributed by atoms with E-state index in [2.05, 4.69) is 9.97 Å². The zero-order chi connectivity index (χ0) is 15.4. The summed E-state index contributed by atoms with van der Waals surface area (Å²) in [6.45, 7) is 0.421. The summed E-state index contributed by atoms with van der Waals surface area (Å²) in [5, 5.41) is 10.5. The van der Waals surface area contributed by atoms with Gasteiger partial charge in [0.15, 0.2) is 0 Å². The average Bonchev–Trinajstić information content (AvgIpc) is 3.04. The lowest BCUT2D eigenvalue weighted by Gasteiger charge is -2.15. The number of benzene rings is 1. The second kappa shape index (κ2) is 6.41. The van der Waals surface area contributed by atoms with Crippen LogP contribution in [0.25, 0.3) is 11.4 Å². The summed E-state index contributed by atoms with van der Waals surface area (Å²) in [5.74, 6) is 1.54. The third-order valence-corrected chi connectivity index (χ3v) is 3.50. The lowest BCUT2D eigenvalue weighted by atomic mass is 10.1. The number of rotatable bonds is 5. The maximum absolute atomic E-state index is 10.5. The summed E-state index contributed by atoms with van der Waals surface area (Å²) in [6.07, 6.45) is 6.41. The molecule has 0 fully saturated rings. The summed E-state index contributed by atoms with van der Waals surface area (Å²) in [6, 6.07) is 11.3. The Morgan fingerprint density at radius 1 is 1.18 bits per heavy atom. The zero-order valence-electron chi connectivity index (χ0n) is 12.3. The van der Waals surface area contributed by atoms with Gasteiger partial charge in [-0.1, -0.05) is 12.1 Å². The molecule has 0 bridgehead atoms. The number of imidazole rings is 1. The van der Waals surface area contributed by atoms with Gasteiger partial charge in [-0.05, 0) is 29.8 Å². The van der Waals surface area contributed by atoms with Crippen molar-refractivity contribution in [3.05, 3.63) is 66.7 Å². The van der Waals surface area contributed by atoms with Crippen LogP contribution in [0.1, 0.15) is 11.7 Å². The summed E-state index contributed by atoms with van der Waals surface area (Å²) in [7, 11) is 1.61. The summed E-state index contributed by atoms with van der Waals surface area (Å²) in [4.78, 5) is 8.38. The highest BCUT2D eigenvalue weighted by molar-refractivity contribution is 5.54. The van der Waals surface area contributed by atoms with Gasteiger partial charge >= 0.3 is 0 Å². The standard InChI is InChI=1S/C17H17N3O2/c1-22-15-4-2-3-14(11-15)16(21)12-20-10-9-19-17(20)13-5-7-18-8-6-13/h2-11,16,21H,12H2,1H3/t16-/m0/s1. The number of aliphatic hydroxyl groups excluding tert-OH is 1. The van der Waals surface area contributed by atoms with E-state index in [-0.39, 0.29) is 0 Å². The SMILES string of the molecule is COc1cccc([C@@H](O)Cn2ccnc2-c2ccncc2)c1. The van der Waals surface area contributed by atoms with Crippen molar-refractivity contribution in [2.75, 3.05) is 7.11 Å². The first-order chi connectivity index (χ1) is 10.8. The molecular weight excluding hydrogens is 278 g/mol. The molecule has 0 saturated heterocycles. The van der Waals surface area contributed by atoms with E-state index in [9.17, 15) is 5.11 Å². The number of aliphatic hydroxyl groups is 1. The van der Waals surface area contributed by atoms with Gasteiger partial charge in [-0.2, -0.15) is 0 Å². The Balaban J connectivity index is 1.83. The molecule has 0 aliphatic carbocycles. The van der Waals surface area contributed by atoms with Crippen molar-refractivity contribution in [1.29, 1.82) is 0 Å². The Morgan fingerprint density at radius 2 is 2.00 bits per heavy atom. The highest BCUT2D eigenvalue weighted by atomic mass is 16.5. The van der Waals surface area contributed by atoms with Gasteiger partial charge in [0, 0.05) is 30.4 Å². The molecule has 2 aromatic heterocycles. The molecule has 112 valence electrons. The Kier molecular flexibility index (Phi) is 4.16. The largest absolute Gasteiger partial charge is 0.497 e. The van der Waals surface area contributed by atoms with Crippen molar-refractivity contribution < 1.29 is 9.84 Å². The Hall–Kier alpha value is -2.66. The minimum Gasteiger partial charge on any atom is -0.497 e. The maximum Gasteiger partial charge on any atom is 0.140 e. The highest BCUT2D eigenvalue weighted by Crippen LogP contribution is 2.23. The average molecular weight is 295 g/mol. The van der Waals surface area contributed by atoms with Crippen molar-refractivity contribution in [3.63, 3.8) is 0 Å². The monoisotopic (exact) mass is 295 g/mol. The molecule has 2 heterocycles. The molecule has 0 aliphatic rings. The van der Waals surface area contributed by atoms with Gasteiger partial charge in [-0.15, -0.1) is 0 Å². The van der Waals surface area contributed by atoms with Gasteiger partial charge in [0.1, 0.15) is 11.6 Å². The van der Waals surface area contributed by atoms with Gasteiger partial charge in [0.2, 0.25) is 0 Å². The minimum absolute atomic E-state index is 0.421. The molecule has 0 aliphatic heterocycles. The fourth-order valence-corrected chi connectivity index (χ4v) is 2.36. The fraction of sp³-hybridized carbons (Fsp3) is 0.176. The van der Waals surface area contributed by atoms with Crippen molar-refractivity contribution in [1.82, 2.24) is 14.5 Å². The van der Waals surface area contributed by atoms with Crippen molar-refractivity contribution >= 4 is 0 Å². The quantitative estimate of drug-likeness (QED) is 0.786. The first kappa shape index (κ1) is 14.3. The van der Waals surface area contributed by atoms with Gasteiger partial charge < -0.3 is 14.4 Å². The predicted molar refractivity (Wildman–Crippen MR) is 83.4 cm³/mol. The highest BCUT2D eigenvalue weighted by Gasteiger charge is 2.13. The van der Waals surface area contributed by atoms with Crippen molar-refractivity contribution in [2.45, 2.75) is 12.6 Å². The number of aromatic nitrogens is 3. The number of pyridine rings is 1. The molecule has 0 unspecified atom stereocenters. The zero-order valence-corrected chi connectivity index (χ0v) is 12.3. The van der Waals surface area contributed by atoms with Gasteiger partial charge in [-0.3, -0.25) is 4.98 Å². The normalized spacial score (nSPS) is 12.1. The molecule has 5 heteroatoms. The molecule has 0 saturated carbocycles. The topological polar surface area (TPSA) is 60.2 Å². The Labute approximate surface area is 128 Å². The van der Waals surface area contributed by atoms with Crippen LogP contribution < -0.4 is 4.74 Å². The van der Waals surface area contributed by atoms with Crippen LogP contribution in [-0.4, -0.2) is 26.8 Å². The van der Waals surface area contributed by atoms with Crippen LogP contribution in [0, 0.1) is 0 Å². The van der Waals surface area contributed by atoms with Gasteiger partial charge in [0.25, 0.3) is 0 Å². The number of ether oxygens (including phenoxy) is 1. The third kappa shape index (κ3) is 2.99. The van der Waals surface area contributed by atoms with E-state index in [1.165, 1.54) is 0 Å². The van der Waals surface area contributed by atoms with E-state index >= 15 is 0 Å². The van der Waals surface area contributed by atoms with E-state index in [0.717, 1.165) is 22.7 Å². The van der Waals surface area contributed by atoms with Crippen LogP contribution in [0.4, 0.5) is 0 Å². The molecule has 3 aromatic rings.